The first-order chi connectivity index (χ1) is 16.4. The van der Waals surface area contributed by atoms with E-state index in [1.807, 2.05) is 49.4 Å². The van der Waals surface area contributed by atoms with Crippen LogP contribution < -0.4 is 17.0 Å². The number of nitrogens with zero attached hydrogens (tertiary/aromatic N) is 4. The van der Waals surface area contributed by atoms with Crippen molar-refractivity contribution in [2.75, 3.05) is 0 Å². The van der Waals surface area contributed by atoms with Gasteiger partial charge < -0.3 is 5.11 Å². The third-order valence-corrected chi connectivity index (χ3v) is 6.92. The summed E-state index contributed by atoms with van der Waals surface area (Å²) >= 11 is 1.65. The SMILES string of the molecule is Cc1ccc(Cn2c(=O)n(CCC(=O)O)c(=O)[nH]/c2=N\c2ccc3nc(C4CC4)sc3c2)cc1. The Hall–Kier alpha value is -3.79. The van der Waals surface area contributed by atoms with Crippen LogP contribution in [0.1, 0.15) is 41.3 Å². The molecule has 1 aliphatic carbocycles. The molecule has 9 nitrogen and oxygen atoms in total. The number of rotatable bonds is 7. The fourth-order valence-corrected chi connectivity index (χ4v) is 4.86. The van der Waals surface area contributed by atoms with E-state index in [1.54, 1.807) is 11.3 Å². The number of carboxylic acid groups (broad SMARTS) is 1. The highest BCUT2D eigenvalue weighted by atomic mass is 32.1. The normalized spacial score (nSPS) is 14.1. The number of hydrogen-bond acceptors (Lipinski definition) is 6. The van der Waals surface area contributed by atoms with Crippen LogP contribution in [0.25, 0.3) is 10.2 Å². The maximum atomic E-state index is 13.2. The van der Waals surface area contributed by atoms with Crippen molar-refractivity contribution in [3.63, 3.8) is 0 Å². The molecule has 174 valence electrons. The van der Waals surface area contributed by atoms with Gasteiger partial charge in [0.2, 0.25) is 5.62 Å². The molecule has 2 N–H and O–H groups in total. The molecule has 10 heteroatoms. The average Bonchev–Trinajstić information content (AvgIpc) is 3.56. The summed E-state index contributed by atoms with van der Waals surface area (Å²) in [7, 11) is 0. The van der Waals surface area contributed by atoms with Crippen LogP contribution in [-0.2, 0) is 17.9 Å². The van der Waals surface area contributed by atoms with Gasteiger partial charge in [-0.2, -0.15) is 0 Å². The van der Waals surface area contributed by atoms with Crippen molar-refractivity contribution in [1.29, 1.82) is 0 Å². The number of nitrogens with one attached hydrogen (secondary N) is 1. The Labute approximate surface area is 197 Å². The van der Waals surface area contributed by atoms with Gasteiger partial charge in [-0.1, -0.05) is 29.8 Å². The number of benzene rings is 2. The molecule has 4 aromatic rings. The highest BCUT2D eigenvalue weighted by molar-refractivity contribution is 7.18. The van der Waals surface area contributed by atoms with Gasteiger partial charge in [-0.3, -0.25) is 14.3 Å². The van der Waals surface area contributed by atoms with E-state index in [-0.39, 0.29) is 25.1 Å². The lowest BCUT2D eigenvalue weighted by atomic mass is 10.1. The molecule has 5 rings (SSSR count). The number of carboxylic acids is 1. The van der Waals surface area contributed by atoms with Crippen molar-refractivity contribution in [2.45, 2.75) is 45.2 Å². The lowest BCUT2D eigenvalue weighted by Gasteiger charge is -2.11. The number of aliphatic carboxylic acids is 1. The van der Waals surface area contributed by atoms with Gasteiger partial charge in [0.15, 0.2) is 0 Å². The summed E-state index contributed by atoms with van der Waals surface area (Å²) in [6.07, 6.45) is 2.01. The number of H-pyrrole nitrogens is 1. The fraction of sp³-hybridized carbons (Fsp3) is 0.292. The van der Waals surface area contributed by atoms with E-state index >= 15 is 0 Å². The van der Waals surface area contributed by atoms with Crippen LogP contribution in [0.4, 0.5) is 5.69 Å². The third-order valence-electron chi connectivity index (χ3n) is 5.74. The molecule has 2 aromatic carbocycles. The number of aromatic amines is 1. The molecule has 1 saturated carbocycles. The highest BCUT2D eigenvalue weighted by Crippen LogP contribution is 2.43. The summed E-state index contributed by atoms with van der Waals surface area (Å²) in [5.74, 6) is -0.530. The first-order valence-corrected chi connectivity index (χ1v) is 11.9. The van der Waals surface area contributed by atoms with E-state index in [9.17, 15) is 14.4 Å². The largest absolute Gasteiger partial charge is 0.481 e. The van der Waals surface area contributed by atoms with Gasteiger partial charge in [0.05, 0.1) is 33.9 Å². The zero-order valence-electron chi connectivity index (χ0n) is 18.5. The third kappa shape index (κ3) is 4.62. The van der Waals surface area contributed by atoms with Crippen molar-refractivity contribution in [3.8, 4) is 0 Å². The van der Waals surface area contributed by atoms with Crippen molar-refractivity contribution in [3.05, 3.63) is 85.2 Å². The Balaban J connectivity index is 1.62. The molecular formula is C24H23N5O4S. The molecule has 0 unspecified atom stereocenters. The molecule has 0 atom stereocenters. The summed E-state index contributed by atoms with van der Waals surface area (Å²) in [4.78, 5) is 48.8. The first kappa shape index (κ1) is 22.0. The second kappa shape index (κ2) is 8.86. The molecule has 0 bridgehead atoms. The predicted molar refractivity (Wildman–Crippen MR) is 129 cm³/mol. The lowest BCUT2D eigenvalue weighted by molar-refractivity contribution is -0.137. The lowest BCUT2D eigenvalue weighted by Crippen LogP contribution is -2.50. The molecule has 2 aromatic heterocycles. The fourth-order valence-electron chi connectivity index (χ4n) is 3.69. The van der Waals surface area contributed by atoms with Crippen molar-refractivity contribution in [2.24, 2.45) is 4.99 Å². The van der Waals surface area contributed by atoms with Crippen LogP contribution in [-0.4, -0.2) is 30.2 Å². The average molecular weight is 478 g/mol. The van der Waals surface area contributed by atoms with E-state index < -0.39 is 17.3 Å². The molecule has 34 heavy (non-hydrogen) atoms. The monoisotopic (exact) mass is 477 g/mol. The molecule has 0 aliphatic heterocycles. The van der Waals surface area contributed by atoms with Gasteiger partial charge in [-0.05, 0) is 43.5 Å². The standard InChI is InChI=1S/C24H23N5O4S/c1-14-2-4-15(5-3-14)13-29-22(27-23(32)28(24(29)33)11-10-20(30)31)25-17-8-9-18-19(12-17)34-21(26-18)16-6-7-16/h2-5,8-9,12,16H,6-7,10-11,13H2,1H3,(H,30,31)(H,25,27,32). The minimum atomic E-state index is -1.09. The molecule has 0 radical (unpaired) electrons. The van der Waals surface area contributed by atoms with Gasteiger partial charge >= 0.3 is 17.3 Å². The van der Waals surface area contributed by atoms with Crippen molar-refractivity contribution >= 4 is 33.2 Å². The molecule has 2 heterocycles. The zero-order chi connectivity index (χ0) is 23.8. The summed E-state index contributed by atoms with van der Waals surface area (Å²) in [5, 5.41) is 10.1. The summed E-state index contributed by atoms with van der Waals surface area (Å²) in [6.45, 7) is 1.92. The number of aryl methyl sites for hydroxylation is 1. The Bertz CT molecular complexity index is 1570. The topological polar surface area (TPSA) is 122 Å². The Morgan fingerprint density at radius 1 is 1.18 bits per heavy atom. The molecule has 0 spiro atoms. The van der Waals surface area contributed by atoms with Gasteiger partial charge in [0.1, 0.15) is 0 Å². The predicted octanol–water partition coefficient (Wildman–Crippen LogP) is 2.89. The van der Waals surface area contributed by atoms with Crippen LogP contribution in [0.3, 0.4) is 0 Å². The number of hydrogen-bond donors (Lipinski definition) is 2. The highest BCUT2D eigenvalue weighted by Gasteiger charge is 2.27. The summed E-state index contributed by atoms with van der Waals surface area (Å²) in [5.41, 5.74) is 2.24. The van der Waals surface area contributed by atoms with Crippen LogP contribution >= 0.6 is 11.3 Å². The number of thiazole rings is 1. The van der Waals surface area contributed by atoms with Crippen LogP contribution in [0.15, 0.2) is 57.0 Å². The quantitative estimate of drug-likeness (QED) is 0.424. The maximum absolute atomic E-state index is 13.2. The van der Waals surface area contributed by atoms with E-state index in [1.165, 1.54) is 17.4 Å². The zero-order valence-corrected chi connectivity index (χ0v) is 19.3. The maximum Gasteiger partial charge on any atom is 0.335 e. The van der Waals surface area contributed by atoms with Gasteiger partial charge in [-0.25, -0.2) is 24.1 Å². The van der Waals surface area contributed by atoms with Gasteiger partial charge in [0, 0.05) is 12.5 Å². The van der Waals surface area contributed by atoms with Crippen LogP contribution in [0.2, 0.25) is 0 Å². The van der Waals surface area contributed by atoms with Crippen LogP contribution in [0, 0.1) is 6.92 Å². The first-order valence-electron chi connectivity index (χ1n) is 11.0. The van der Waals surface area contributed by atoms with Gasteiger partial charge in [0.25, 0.3) is 0 Å². The Morgan fingerprint density at radius 3 is 2.65 bits per heavy atom. The second-order valence-electron chi connectivity index (χ2n) is 8.49. The second-order valence-corrected chi connectivity index (χ2v) is 9.56. The van der Waals surface area contributed by atoms with Crippen LogP contribution in [0.5, 0.6) is 0 Å². The number of carbonyl (C=O) groups is 1. The number of fused-ring (bicyclic) bond motifs is 1. The molecular weight excluding hydrogens is 454 g/mol. The van der Waals surface area contributed by atoms with Crippen molar-refractivity contribution in [1.82, 2.24) is 19.1 Å². The molecule has 1 aliphatic rings. The summed E-state index contributed by atoms with van der Waals surface area (Å²) in [6, 6.07) is 13.3. The van der Waals surface area contributed by atoms with E-state index in [4.69, 9.17) is 10.1 Å². The molecule has 0 saturated heterocycles. The van der Waals surface area contributed by atoms with Gasteiger partial charge in [-0.15, -0.1) is 11.3 Å². The smallest absolute Gasteiger partial charge is 0.335 e. The Morgan fingerprint density at radius 2 is 1.94 bits per heavy atom. The molecule has 0 amide bonds. The molecule has 1 fully saturated rings. The summed E-state index contributed by atoms with van der Waals surface area (Å²) < 4.78 is 3.26. The minimum absolute atomic E-state index is 0.105. The van der Waals surface area contributed by atoms with E-state index in [2.05, 4.69) is 9.98 Å². The van der Waals surface area contributed by atoms with E-state index in [0.717, 1.165) is 30.9 Å². The minimum Gasteiger partial charge on any atom is -0.481 e. The van der Waals surface area contributed by atoms with Crippen molar-refractivity contribution < 1.29 is 9.90 Å². The number of aromatic nitrogens is 4. The Kier molecular flexibility index (Phi) is 5.74. The van der Waals surface area contributed by atoms with E-state index in [0.29, 0.717) is 11.6 Å².